The SMILES string of the molecule is COc1cc(Cl)ccc1OCc1cc(C(=O)N(C)CCCO)no1. The highest BCUT2D eigenvalue weighted by Gasteiger charge is 2.17. The van der Waals surface area contributed by atoms with Gasteiger partial charge in [0.25, 0.3) is 5.91 Å². The molecule has 24 heavy (non-hydrogen) atoms. The Bertz CT molecular complexity index is 689. The predicted molar refractivity (Wildman–Crippen MR) is 87.5 cm³/mol. The van der Waals surface area contributed by atoms with Crippen LogP contribution in [0.1, 0.15) is 22.7 Å². The summed E-state index contributed by atoms with van der Waals surface area (Å²) in [6, 6.07) is 6.54. The molecule has 1 amide bonds. The molecule has 0 bridgehead atoms. The number of benzene rings is 1. The Morgan fingerprint density at radius 1 is 1.38 bits per heavy atom. The van der Waals surface area contributed by atoms with Crippen molar-refractivity contribution in [2.75, 3.05) is 27.3 Å². The Hall–Kier alpha value is -2.25. The molecular formula is C16H19ClN2O5. The van der Waals surface area contributed by atoms with Crippen LogP contribution in [0.2, 0.25) is 5.02 Å². The van der Waals surface area contributed by atoms with Crippen molar-refractivity contribution < 1.29 is 23.9 Å². The van der Waals surface area contributed by atoms with Gasteiger partial charge in [-0.15, -0.1) is 0 Å². The molecule has 0 radical (unpaired) electrons. The van der Waals surface area contributed by atoms with Gasteiger partial charge in [-0.25, -0.2) is 0 Å². The van der Waals surface area contributed by atoms with Crippen molar-refractivity contribution in [3.8, 4) is 11.5 Å². The van der Waals surface area contributed by atoms with Crippen LogP contribution in [-0.4, -0.2) is 48.4 Å². The molecule has 2 aromatic rings. The van der Waals surface area contributed by atoms with E-state index in [4.69, 9.17) is 30.7 Å². The topological polar surface area (TPSA) is 85.0 Å². The number of carbonyl (C=O) groups is 1. The number of carbonyl (C=O) groups excluding carboxylic acids is 1. The average Bonchev–Trinajstić information content (AvgIpc) is 3.06. The molecule has 0 aliphatic carbocycles. The molecule has 8 heteroatoms. The highest BCUT2D eigenvalue weighted by Crippen LogP contribution is 2.30. The summed E-state index contributed by atoms with van der Waals surface area (Å²) < 4.78 is 15.9. The molecule has 2 rings (SSSR count). The second-order valence-corrected chi connectivity index (χ2v) is 5.50. The molecule has 0 fully saturated rings. The molecule has 0 unspecified atom stereocenters. The lowest BCUT2D eigenvalue weighted by molar-refractivity contribution is 0.0776. The van der Waals surface area contributed by atoms with E-state index in [-0.39, 0.29) is 24.8 Å². The summed E-state index contributed by atoms with van der Waals surface area (Å²) in [4.78, 5) is 13.6. The third-order valence-electron chi connectivity index (χ3n) is 3.27. The van der Waals surface area contributed by atoms with Gasteiger partial charge in [0.15, 0.2) is 23.0 Å². The average molecular weight is 355 g/mol. The maximum Gasteiger partial charge on any atom is 0.275 e. The van der Waals surface area contributed by atoms with Crippen LogP contribution < -0.4 is 9.47 Å². The quantitative estimate of drug-likeness (QED) is 0.783. The molecule has 0 saturated heterocycles. The van der Waals surface area contributed by atoms with Gasteiger partial charge in [0.1, 0.15) is 6.61 Å². The van der Waals surface area contributed by atoms with Gasteiger partial charge in [-0.3, -0.25) is 4.79 Å². The number of ether oxygens (including phenoxy) is 2. The van der Waals surface area contributed by atoms with Gasteiger partial charge < -0.3 is 24.0 Å². The summed E-state index contributed by atoms with van der Waals surface area (Å²) in [5.74, 6) is 1.14. The summed E-state index contributed by atoms with van der Waals surface area (Å²) in [5, 5.41) is 13.1. The molecule has 0 aliphatic rings. The number of halogens is 1. The van der Waals surface area contributed by atoms with E-state index in [1.807, 2.05) is 0 Å². The van der Waals surface area contributed by atoms with Crippen molar-refractivity contribution in [3.63, 3.8) is 0 Å². The Morgan fingerprint density at radius 3 is 2.88 bits per heavy atom. The first-order valence-electron chi connectivity index (χ1n) is 7.33. The monoisotopic (exact) mass is 354 g/mol. The Labute approximate surface area is 144 Å². The fraction of sp³-hybridized carbons (Fsp3) is 0.375. The molecule has 0 spiro atoms. The van der Waals surface area contributed by atoms with Crippen LogP contribution in [0.5, 0.6) is 11.5 Å². The van der Waals surface area contributed by atoms with Crippen molar-refractivity contribution in [1.82, 2.24) is 10.1 Å². The van der Waals surface area contributed by atoms with Gasteiger partial charge in [-0.1, -0.05) is 16.8 Å². The van der Waals surface area contributed by atoms with Crippen LogP contribution in [0.25, 0.3) is 0 Å². The molecule has 0 atom stereocenters. The summed E-state index contributed by atoms with van der Waals surface area (Å²) in [6.45, 7) is 0.563. The Balaban J connectivity index is 1.98. The van der Waals surface area contributed by atoms with Crippen LogP contribution >= 0.6 is 11.6 Å². The number of rotatable bonds is 8. The van der Waals surface area contributed by atoms with Crippen molar-refractivity contribution in [2.45, 2.75) is 13.0 Å². The number of aliphatic hydroxyl groups excluding tert-OH is 1. The third kappa shape index (κ3) is 4.62. The zero-order chi connectivity index (χ0) is 17.5. The van der Waals surface area contributed by atoms with Gasteiger partial charge in [0.2, 0.25) is 0 Å². The molecule has 1 N–H and O–H groups in total. The number of hydrogen-bond donors (Lipinski definition) is 1. The summed E-state index contributed by atoms with van der Waals surface area (Å²) >= 11 is 5.89. The van der Waals surface area contributed by atoms with Gasteiger partial charge in [0.05, 0.1) is 7.11 Å². The van der Waals surface area contributed by atoms with E-state index in [2.05, 4.69) is 5.16 Å². The minimum Gasteiger partial charge on any atom is -0.493 e. The van der Waals surface area contributed by atoms with E-state index in [1.165, 1.54) is 18.1 Å². The number of hydrogen-bond acceptors (Lipinski definition) is 6. The van der Waals surface area contributed by atoms with Crippen molar-refractivity contribution in [2.24, 2.45) is 0 Å². The normalized spacial score (nSPS) is 10.5. The molecule has 1 aromatic heterocycles. The van der Waals surface area contributed by atoms with Gasteiger partial charge in [-0.05, 0) is 18.6 Å². The molecule has 130 valence electrons. The minimum absolute atomic E-state index is 0.0262. The van der Waals surface area contributed by atoms with E-state index >= 15 is 0 Å². The van der Waals surface area contributed by atoms with Crippen LogP contribution in [0.15, 0.2) is 28.8 Å². The first-order chi connectivity index (χ1) is 11.5. The van der Waals surface area contributed by atoms with Gasteiger partial charge >= 0.3 is 0 Å². The lowest BCUT2D eigenvalue weighted by Gasteiger charge is -2.14. The largest absolute Gasteiger partial charge is 0.493 e. The maximum absolute atomic E-state index is 12.1. The lowest BCUT2D eigenvalue weighted by Crippen LogP contribution is -2.28. The second-order valence-electron chi connectivity index (χ2n) is 5.07. The van der Waals surface area contributed by atoms with Crippen molar-refractivity contribution in [1.29, 1.82) is 0 Å². The summed E-state index contributed by atoms with van der Waals surface area (Å²) in [6.07, 6.45) is 0.506. The van der Waals surface area contributed by atoms with E-state index in [0.717, 1.165) is 0 Å². The molecular weight excluding hydrogens is 336 g/mol. The predicted octanol–water partition coefficient (Wildman–Crippen LogP) is 2.37. The third-order valence-corrected chi connectivity index (χ3v) is 3.51. The Morgan fingerprint density at radius 2 is 2.17 bits per heavy atom. The smallest absolute Gasteiger partial charge is 0.275 e. The van der Waals surface area contributed by atoms with E-state index in [1.54, 1.807) is 25.2 Å². The Kier molecular flexibility index (Phi) is 6.45. The van der Waals surface area contributed by atoms with Crippen molar-refractivity contribution >= 4 is 17.5 Å². The highest BCUT2D eigenvalue weighted by atomic mass is 35.5. The van der Waals surface area contributed by atoms with Crippen molar-refractivity contribution in [3.05, 3.63) is 40.7 Å². The number of nitrogens with zero attached hydrogens (tertiary/aromatic N) is 2. The highest BCUT2D eigenvalue weighted by molar-refractivity contribution is 6.30. The number of aliphatic hydroxyl groups is 1. The van der Waals surface area contributed by atoms with E-state index < -0.39 is 0 Å². The molecule has 7 nitrogen and oxygen atoms in total. The molecule has 0 saturated carbocycles. The molecule has 1 aromatic carbocycles. The van der Waals surface area contributed by atoms with E-state index in [9.17, 15) is 4.79 Å². The standard InChI is InChI=1S/C16H19ClN2O5/c1-19(6-3-7-20)16(21)13-9-12(24-18-13)10-23-14-5-4-11(17)8-15(14)22-2/h4-5,8-9,20H,3,6-7,10H2,1-2H3. The minimum atomic E-state index is -0.275. The second kappa shape index (κ2) is 8.56. The first-order valence-corrected chi connectivity index (χ1v) is 7.71. The number of amides is 1. The fourth-order valence-electron chi connectivity index (χ4n) is 2.00. The van der Waals surface area contributed by atoms with Crippen LogP contribution in [0, 0.1) is 0 Å². The zero-order valence-corrected chi connectivity index (χ0v) is 14.2. The molecule has 0 aliphatic heterocycles. The first kappa shape index (κ1) is 18.1. The van der Waals surface area contributed by atoms with Crippen LogP contribution in [0.3, 0.4) is 0 Å². The van der Waals surface area contributed by atoms with Gasteiger partial charge in [0, 0.05) is 37.4 Å². The summed E-state index contributed by atoms with van der Waals surface area (Å²) in [7, 11) is 3.16. The number of aromatic nitrogens is 1. The van der Waals surface area contributed by atoms with Gasteiger partial charge in [-0.2, -0.15) is 0 Å². The summed E-state index contributed by atoms with van der Waals surface area (Å²) in [5.41, 5.74) is 0.192. The molecule has 1 heterocycles. The lowest BCUT2D eigenvalue weighted by atomic mass is 10.3. The zero-order valence-electron chi connectivity index (χ0n) is 13.5. The maximum atomic E-state index is 12.1. The van der Waals surface area contributed by atoms with E-state index in [0.29, 0.717) is 35.2 Å². The fourth-order valence-corrected chi connectivity index (χ4v) is 2.16. The number of methoxy groups -OCH3 is 1. The van der Waals surface area contributed by atoms with Crippen LogP contribution in [-0.2, 0) is 6.61 Å². The van der Waals surface area contributed by atoms with Crippen LogP contribution in [0.4, 0.5) is 0 Å².